The van der Waals surface area contributed by atoms with Crippen molar-refractivity contribution < 1.29 is 47.7 Å². The molecule has 0 saturated carbocycles. The van der Waals surface area contributed by atoms with Crippen molar-refractivity contribution in [1.82, 2.24) is 19.5 Å². The Morgan fingerprint density at radius 1 is 1.32 bits per heavy atom. The average Bonchev–Trinajstić information content (AvgIpc) is 3.36. The Balaban J connectivity index is 1.52. The summed E-state index contributed by atoms with van der Waals surface area (Å²) in [6, 6.07) is 2.37. The summed E-state index contributed by atoms with van der Waals surface area (Å²) in [6.07, 6.45) is -3.21. The van der Waals surface area contributed by atoms with Crippen LogP contribution in [0, 0.1) is 12.3 Å². The van der Waals surface area contributed by atoms with Crippen molar-refractivity contribution in [2.24, 2.45) is 0 Å². The van der Waals surface area contributed by atoms with Gasteiger partial charge in [0.1, 0.15) is 42.2 Å². The molecule has 0 amide bonds. The van der Waals surface area contributed by atoms with Crippen LogP contribution >= 0.6 is 7.82 Å². The Bertz CT molecular complexity index is 1510. The molecule has 9 N–H and O–H groups in total. The fraction of sp³-hybridized carbons (Fsp3) is 0.429. The summed E-state index contributed by atoms with van der Waals surface area (Å²) in [5.41, 5.74) is 6.15. The third kappa shape index (κ3) is 5.55. The number of aromatic nitrogens is 4. The lowest BCUT2D eigenvalue weighted by molar-refractivity contribution is -0.0662. The van der Waals surface area contributed by atoms with Crippen molar-refractivity contribution >= 4 is 19.5 Å². The molecule has 1 unspecified atom stereocenters. The lowest BCUT2D eigenvalue weighted by Gasteiger charge is -2.26. The van der Waals surface area contributed by atoms with Gasteiger partial charge in [-0.3, -0.25) is 13.6 Å². The minimum atomic E-state index is -5.17. The first kappa shape index (κ1) is 29.5. The zero-order valence-electron chi connectivity index (χ0n) is 20.2. The summed E-state index contributed by atoms with van der Waals surface area (Å²) < 4.78 is 48.5. The molecule has 19 heteroatoms. The summed E-state index contributed by atoms with van der Waals surface area (Å²) in [4.78, 5) is 43.4. The van der Waals surface area contributed by atoms with E-state index >= 15 is 0 Å². The monoisotopic (exact) mass is 586 g/mol. The van der Waals surface area contributed by atoms with Crippen LogP contribution in [0.4, 0.5) is 16.0 Å². The van der Waals surface area contributed by atoms with Gasteiger partial charge >= 0.3 is 19.2 Å². The second kappa shape index (κ2) is 11.2. The number of hydrogen-bond donors (Lipinski definition) is 7. The quantitative estimate of drug-likeness (QED) is 0.126. The second-order valence-corrected chi connectivity index (χ2v) is 10.1. The molecule has 40 heavy (non-hydrogen) atoms. The van der Waals surface area contributed by atoms with Crippen molar-refractivity contribution in [2.45, 2.75) is 42.3 Å². The number of anilines is 2. The highest BCUT2D eigenvalue weighted by Crippen LogP contribution is 2.51. The van der Waals surface area contributed by atoms with Gasteiger partial charge in [0, 0.05) is 17.8 Å². The van der Waals surface area contributed by atoms with Crippen LogP contribution in [0.25, 0.3) is 0 Å². The van der Waals surface area contributed by atoms with E-state index in [1.54, 1.807) is 0 Å². The molecule has 2 saturated heterocycles. The van der Waals surface area contributed by atoms with E-state index in [0.717, 1.165) is 16.8 Å². The highest BCUT2D eigenvalue weighted by atomic mass is 31.2. The molecule has 2 aromatic heterocycles. The largest absolute Gasteiger partial charge is 0.472 e. The number of H-pyrrole nitrogens is 1. The number of aliphatic hydroxyl groups is 3. The first-order valence-corrected chi connectivity index (χ1v) is 12.8. The smallest absolute Gasteiger partial charge is 0.394 e. The minimum Gasteiger partial charge on any atom is -0.394 e. The van der Waals surface area contributed by atoms with E-state index in [0.29, 0.717) is 0 Å². The zero-order chi connectivity index (χ0) is 29.4. The molecule has 2 aliphatic rings. The van der Waals surface area contributed by atoms with Gasteiger partial charge in [-0.05, 0) is 6.07 Å². The Morgan fingerprint density at radius 3 is 2.65 bits per heavy atom. The van der Waals surface area contributed by atoms with Gasteiger partial charge in [-0.25, -0.2) is 18.5 Å². The second-order valence-electron chi connectivity index (χ2n) is 8.68. The zero-order valence-corrected chi connectivity index (χ0v) is 21.1. The van der Waals surface area contributed by atoms with Crippen LogP contribution in [0.3, 0.4) is 0 Å². The predicted octanol–water partition coefficient (Wildman–Crippen LogP) is -2.40. The van der Waals surface area contributed by atoms with Gasteiger partial charge in [0.25, 0.3) is 0 Å². The Hall–Kier alpha value is -3.50. The number of aromatic amines is 1. The summed E-state index contributed by atoms with van der Waals surface area (Å²) in [5.74, 6) is 1.57. The fourth-order valence-electron chi connectivity index (χ4n) is 4.24. The molecule has 0 spiro atoms. The number of halogens is 1. The van der Waals surface area contributed by atoms with Gasteiger partial charge in [0.2, 0.25) is 0 Å². The molecule has 4 rings (SSSR count). The number of nitrogens with zero attached hydrogens (tertiary/aromatic N) is 3. The number of nitrogens with one attached hydrogen (secondary N) is 1. The molecular formula is C21H24FN6O11P. The summed E-state index contributed by atoms with van der Waals surface area (Å²) in [7, 11) is -5.17. The molecule has 4 heterocycles. The van der Waals surface area contributed by atoms with Crippen LogP contribution in [0.15, 0.2) is 39.8 Å². The first-order chi connectivity index (χ1) is 18.8. The average molecular weight is 586 g/mol. The normalized spacial score (nSPS) is 32.6. The van der Waals surface area contributed by atoms with Crippen molar-refractivity contribution in [3.8, 4) is 12.3 Å². The maximum absolute atomic E-state index is 14.0. The third-order valence-corrected chi connectivity index (χ3v) is 7.13. The molecule has 2 aromatic rings. The van der Waals surface area contributed by atoms with E-state index in [9.17, 15) is 38.8 Å². The van der Waals surface area contributed by atoms with Crippen molar-refractivity contribution in [3.63, 3.8) is 0 Å². The number of nitrogen functional groups attached to an aromatic ring is 2. The highest BCUT2D eigenvalue weighted by Gasteiger charge is 2.56. The molecule has 0 aromatic carbocycles. The maximum atomic E-state index is 14.0. The van der Waals surface area contributed by atoms with Crippen LogP contribution in [-0.4, -0.2) is 83.0 Å². The molecular weight excluding hydrogens is 562 g/mol. The van der Waals surface area contributed by atoms with E-state index in [4.69, 9.17) is 36.4 Å². The fourth-order valence-corrected chi connectivity index (χ4v) is 5.17. The van der Waals surface area contributed by atoms with Gasteiger partial charge in [0.15, 0.2) is 11.8 Å². The number of phosphoric ester groups is 1. The van der Waals surface area contributed by atoms with Crippen LogP contribution in [0.2, 0.25) is 0 Å². The van der Waals surface area contributed by atoms with Gasteiger partial charge in [0.05, 0.1) is 25.2 Å². The Kier molecular flexibility index (Phi) is 8.23. The first-order valence-electron chi connectivity index (χ1n) is 11.3. The molecule has 0 aliphatic carbocycles. The van der Waals surface area contributed by atoms with Gasteiger partial charge in [-0.2, -0.15) is 9.97 Å². The Morgan fingerprint density at radius 2 is 2.05 bits per heavy atom. The molecule has 0 bridgehead atoms. The van der Waals surface area contributed by atoms with Crippen molar-refractivity contribution in [2.75, 3.05) is 24.7 Å². The molecule has 2 aliphatic heterocycles. The summed E-state index contributed by atoms with van der Waals surface area (Å²) in [6.45, 7) is -1.78. The van der Waals surface area contributed by atoms with Crippen LogP contribution in [-0.2, 0) is 23.1 Å². The van der Waals surface area contributed by atoms with E-state index < -0.39 is 80.3 Å². The SMILES string of the molecule is C#C[C@]1(O)[C@H](COP(=O)(O)O[C@H]2/C(=C\F)[C@H](c3cc(N)nc(=O)[nH]3)O[C@@H]2CO)O[C@H](n2ccc(N)nc2=O)[C@H]1O. The number of ether oxygens (including phenoxy) is 2. The molecule has 0 radical (unpaired) electrons. The van der Waals surface area contributed by atoms with Crippen molar-refractivity contribution in [3.05, 3.63) is 56.9 Å². The van der Waals surface area contributed by atoms with E-state index in [2.05, 4.69) is 15.0 Å². The van der Waals surface area contributed by atoms with Gasteiger partial charge in [-0.1, -0.05) is 5.92 Å². The van der Waals surface area contributed by atoms with Crippen LogP contribution in [0.1, 0.15) is 18.0 Å². The predicted molar refractivity (Wildman–Crippen MR) is 130 cm³/mol. The van der Waals surface area contributed by atoms with Crippen LogP contribution < -0.4 is 22.8 Å². The topological polar surface area (TPSA) is 268 Å². The minimum absolute atomic E-state index is 0.00353. The maximum Gasteiger partial charge on any atom is 0.472 e. The lowest BCUT2D eigenvalue weighted by Crippen LogP contribution is -2.48. The van der Waals surface area contributed by atoms with E-state index in [1.165, 1.54) is 6.07 Å². The van der Waals surface area contributed by atoms with E-state index in [1.807, 2.05) is 5.92 Å². The summed E-state index contributed by atoms with van der Waals surface area (Å²) in [5, 5.41) is 31.2. The van der Waals surface area contributed by atoms with Gasteiger partial charge in [-0.15, -0.1) is 6.42 Å². The van der Waals surface area contributed by atoms with Crippen LogP contribution in [0.5, 0.6) is 0 Å². The van der Waals surface area contributed by atoms with Gasteiger partial charge < -0.3 is 46.1 Å². The number of hydrogen-bond acceptors (Lipinski definition) is 14. The number of terminal acetylenes is 1. The standard InChI is InChI=1S/C21H24FN6O11P/c1-2-21(33)12(38-18(17(21)30)28-4-3-13(23)27-20(28)32)8-36-40(34,35)39-16-9(6-22)15(37-11(16)7-29)10-5-14(24)26-19(31)25-10/h1,3-6,11-12,15-18,29-30,33H,7-8H2,(H,34,35)(H2,23,27,32)(H3,24,25,26,31)/b9-6-/t11-,12+,15-,16+,17-,18+,21+/m1/s1. The number of phosphoric acid groups is 1. The number of nitrogens with two attached hydrogens (primary N) is 2. The highest BCUT2D eigenvalue weighted by molar-refractivity contribution is 7.47. The summed E-state index contributed by atoms with van der Waals surface area (Å²) >= 11 is 0. The lowest BCUT2D eigenvalue weighted by atomic mass is 9.93. The van der Waals surface area contributed by atoms with Crippen molar-refractivity contribution in [1.29, 1.82) is 0 Å². The third-order valence-electron chi connectivity index (χ3n) is 6.16. The molecule has 17 nitrogen and oxygen atoms in total. The number of rotatable bonds is 8. The molecule has 2 fully saturated rings. The Labute approximate surface area is 223 Å². The molecule has 216 valence electrons. The number of aliphatic hydroxyl groups excluding tert-OH is 2. The molecule has 8 atom stereocenters. The van der Waals surface area contributed by atoms with E-state index in [-0.39, 0.29) is 23.7 Å².